The first-order chi connectivity index (χ1) is 8.10. The van der Waals surface area contributed by atoms with Crippen LogP contribution in [-0.2, 0) is 7.05 Å². The van der Waals surface area contributed by atoms with Gasteiger partial charge in [0.25, 0.3) is 0 Å². The van der Waals surface area contributed by atoms with E-state index >= 15 is 0 Å². The van der Waals surface area contributed by atoms with Gasteiger partial charge in [-0.3, -0.25) is 9.58 Å². The van der Waals surface area contributed by atoms with Crippen LogP contribution in [0.5, 0.6) is 0 Å². The number of rotatable bonds is 7. The lowest BCUT2D eigenvalue weighted by Gasteiger charge is -2.33. The van der Waals surface area contributed by atoms with E-state index in [1.54, 1.807) is 0 Å². The Balaban J connectivity index is 2.89. The fourth-order valence-electron chi connectivity index (χ4n) is 2.40. The zero-order valence-corrected chi connectivity index (χ0v) is 11.6. The van der Waals surface area contributed by atoms with Gasteiger partial charge in [0.2, 0.25) is 0 Å². The quantitative estimate of drug-likeness (QED) is 0.789. The van der Waals surface area contributed by atoms with Gasteiger partial charge in [0.15, 0.2) is 0 Å². The van der Waals surface area contributed by atoms with E-state index in [9.17, 15) is 0 Å². The first-order valence-electron chi connectivity index (χ1n) is 6.58. The van der Waals surface area contributed by atoms with Crippen molar-refractivity contribution in [2.45, 2.75) is 45.7 Å². The summed E-state index contributed by atoms with van der Waals surface area (Å²) in [5.41, 5.74) is 7.39. The number of aromatic nitrogens is 2. The molecule has 0 radical (unpaired) electrons. The molecular weight excluding hydrogens is 212 g/mol. The summed E-state index contributed by atoms with van der Waals surface area (Å²) in [4.78, 5) is 2.47. The number of hydrogen-bond donors (Lipinski definition) is 1. The van der Waals surface area contributed by atoms with Crippen molar-refractivity contribution >= 4 is 0 Å². The van der Waals surface area contributed by atoms with Crippen LogP contribution in [0.25, 0.3) is 0 Å². The van der Waals surface area contributed by atoms with E-state index in [1.165, 1.54) is 5.56 Å². The maximum atomic E-state index is 6.16. The molecule has 17 heavy (non-hydrogen) atoms. The van der Waals surface area contributed by atoms with Crippen molar-refractivity contribution in [2.75, 3.05) is 13.1 Å². The average Bonchev–Trinajstić information content (AvgIpc) is 2.65. The van der Waals surface area contributed by atoms with Crippen molar-refractivity contribution in [1.82, 2.24) is 14.7 Å². The second kappa shape index (κ2) is 6.77. The van der Waals surface area contributed by atoms with Crippen LogP contribution in [0.2, 0.25) is 0 Å². The van der Waals surface area contributed by atoms with Gasteiger partial charge < -0.3 is 5.73 Å². The summed E-state index contributed by atoms with van der Waals surface area (Å²) in [6.45, 7) is 8.69. The summed E-state index contributed by atoms with van der Waals surface area (Å²) in [5.74, 6) is 0. The van der Waals surface area contributed by atoms with Gasteiger partial charge in [0.1, 0.15) is 0 Å². The Morgan fingerprint density at radius 1 is 1.35 bits per heavy atom. The predicted molar refractivity (Wildman–Crippen MR) is 71.8 cm³/mol. The predicted octanol–water partition coefficient (Wildman–Crippen LogP) is 1.93. The fraction of sp³-hybridized carbons (Fsp3) is 0.769. The molecule has 2 N–H and O–H groups in total. The zero-order chi connectivity index (χ0) is 12.8. The maximum Gasteiger partial charge on any atom is 0.0538 e. The first-order valence-corrected chi connectivity index (χ1v) is 6.58. The highest BCUT2D eigenvalue weighted by Crippen LogP contribution is 2.23. The Morgan fingerprint density at radius 3 is 2.29 bits per heavy atom. The Morgan fingerprint density at radius 2 is 1.94 bits per heavy atom. The molecule has 1 aromatic heterocycles. The van der Waals surface area contributed by atoms with Gasteiger partial charge in [-0.25, -0.2) is 0 Å². The van der Waals surface area contributed by atoms with Crippen LogP contribution in [0.4, 0.5) is 0 Å². The van der Waals surface area contributed by atoms with Crippen LogP contribution < -0.4 is 5.73 Å². The summed E-state index contributed by atoms with van der Waals surface area (Å²) in [6, 6.07) is 0.404. The van der Waals surface area contributed by atoms with E-state index in [-0.39, 0.29) is 12.1 Å². The third kappa shape index (κ3) is 3.82. The lowest BCUT2D eigenvalue weighted by Crippen LogP contribution is -2.40. The molecule has 0 aliphatic rings. The molecule has 2 atom stereocenters. The monoisotopic (exact) mass is 238 g/mol. The highest BCUT2D eigenvalue weighted by Gasteiger charge is 2.24. The molecule has 1 aromatic rings. The maximum absolute atomic E-state index is 6.16. The molecule has 0 fully saturated rings. The molecule has 0 amide bonds. The minimum atomic E-state index is 0.122. The molecule has 4 heteroatoms. The molecule has 0 bridgehead atoms. The average molecular weight is 238 g/mol. The molecule has 98 valence electrons. The zero-order valence-electron chi connectivity index (χ0n) is 11.6. The van der Waals surface area contributed by atoms with Crippen LogP contribution in [0, 0.1) is 0 Å². The van der Waals surface area contributed by atoms with Gasteiger partial charge in [0, 0.05) is 24.8 Å². The number of nitrogens with two attached hydrogens (primary N) is 1. The van der Waals surface area contributed by atoms with Crippen LogP contribution in [0.15, 0.2) is 12.4 Å². The second-order valence-corrected chi connectivity index (χ2v) is 4.79. The smallest absolute Gasteiger partial charge is 0.0538 e. The Labute approximate surface area is 105 Å². The Kier molecular flexibility index (Phi) is 5.65. The van der Waals surface area contributed by atoms with Gasteiger partial charge in [-0.05, 0) is 32.9 Å². The standard InChI is InChI=1S/C13H26N4/c1-5-7-17(8-6-2)13(11(3)14)12-9-15-16(4)10-12/h9-11,13H,5-8,14H2,1-4H3. The summed E-state index contributed by atoms with van der Waals surface area (Å²) >= 11 is 0. The molecular formula is C13H26N4. The molecule has 0 aromatic carbocycles. The Bertz CT molecular complexity index is 313. The largest absolute Gasteiger partial charge is 0.326 e. The molecule has 1 rings (SSSR count). The van der Waals surface area contributed by atoms with Crippen molar-refractivity contribution in [3.63, 3.8) is 0 Å². The summed E-state index contributed by atoms with van der Waals surface area (Å²) < 4.78 is 1.85. The van der Waals surface area contributed by atoms with E-state index in [1.807, 2.05) is 17.9 Å². The molecule has 0 spiro atoms. The Hall–Kier alpha value is -0.870. The van der Waals surface area contributed by atoms with Gasteiger partial charge in [-0.15, -0.1) is 0 Å². The summed E-state index contributed by atoms with van der Waals surface area (Å²) in [5, 5.41) is 4.26. The normalized spacial score (nSPS) is 15.2. The van der Waals surface area contributed by atoms with Crippen LogP contribution in [0.3, 0.4) is 0 Å². The van der Waals surface area contributed by atoms with Crippen LogP contribution >= 0.6 is 0 Å². The molecule has 2 unspecified atom stereocenters. The number of nitrogens with zero attached hydrogens (tertiary/aromatic N) is 3. The van der Waals surface area contributed by atoms with Gasteiger partial charge >= 0.3 is 0 Å². The number of aryl methyl sites for hydroxylation is 1. The van der Waals surface area contributed by atoms with Gasteiger partial charge in [-0.1, -0.05) is 13.8 Å². The lowest BCUT2D eigenvalue weighted by atomic mass is 10.0. The molecule has 0 saturated heterocycles. The van der Waals surface area contributed by atoms with Crippen molar-refractivity contribution in [3.05, 3.63) is 18.0 Å². The minimum Gasteiger partial charge on any atom is -0.326 e. The summed E-state index contributed by atoms with van der Waals surface area (Å²) in [7, 11) is 1.95. The number of hydrogen-bond acceptors (Lipinski definition) is 3. The molecule has 0 aliphatic carbocycles. The fourth-order valence-corrected chi connectivity index (χ4v) is 2.40. The molecule has 1 heterocycles. The highest BCUT2D eigenvalue weighted by molar-refractivity contribution is 5.13. The minimum absolute atomic E-state index is 0.122. The van der Waals surface area contributed by atoms with E-state index < -0.39 is 0 Å². The van der Waals surface area contributed by atoms with Gasteiger partial charge in [-0.2, -0.15) is 5.10 Å². The summed E-state index contributed by atoms with van der Waals surface area (Å²) in [6.07, 6.45) is 6.33. The van der Waals surface area contributed by atoms with E-state index in [4.69, 9.17) is 5.73 Å². The van der Waals surface area contributed by atoms with Crippen LogP contribution in [0.1, 0.15) is 45.2 Å². The third-order valence-electron chi connectivity index (χ3n) is 2.98. The SMILES string of the molecule is CCCN(CCC)C(c1cnn(C)c1)C(C)N. The van der Waals surface area contributed by atoms with E-state index in [0.717, 1.165) is 25.9 Å². The van der Waals surface area contributed by atoms with E-state index in [0.29, 0.717) is 0 Å². The first kappa shape index (κ1) is 14.2. The highest BCUT2D eigenvalue weighted by atomic mass is 15.3. The topological polar surface area (TPSA) is 47.1 Å². The van der Waals surface area contributed by atoms with Crippen molar-refractivity contribution in [3.8, 4) is 0 Å². The van der Waals surface area contributed by atoms with Crippen LogP contribution in [-0.4, -0.2) is 33.8 Å². The third-order valence-corrected chi connectivity index (χ3v) is 2.98. The van der Waals surface area contributed by atoms with Crippen molar-refractivity contribution in [1.29, 1.82) is 0 Å². The van der Waals surface area contributed by atoms with Crippen molar-refractivity contribution in [2.24, 2.45) is 12.8 Å². The van der Waals surface area contributed by atoms with Crippen molar-refractivity contribution < 1.29 is 0 Å². The second-order valence-electron chi connectivity index (χ2n) is 4.79. The molecule has 4 nitrogen and oxygen atoms in total. The van der Waals surface area contributed by atoms with Gasteiger partial charge in [0.05, 0.1) is 12.2 Å². The molecule has 0 saturated carbocycles. The molecule has 0 aliphatic heterocycles. The van der Waals surface area contributed by atoms with E-state index in [2.05, 4.69) is 37.0 Å². The lowest BCUT2D eigenvalue weighted by molar-refractivity contribution is 0.176.